The molecule has 0 aromatic carbocycles. The van der Waals surface area contributed by atoms with Crippen LogP contribution in [0.3, 0.4) is 0 Å². The zero-order chi connectivity index (χ0) is 10.4. The topological polar surface area (TPSA) is 34.2 Å². The van der Waals surface area contributed by atoms with Gasteiger partial charge in [-0.15, -0.1) is 0 Å². The van der Waals surface area contributed by atoms with E-state index in [1.807, 2.05) is 33.2 Å². The predicted molar refractivity (Wildman–Crippen MR) is 58.6 cm³/mol. The molecule has 1 fully saturated rings. The molecule has 1 aromatic rings. The summed E-state index contributed by atoms with van der Waals surface area (Å²) in [5, 5.41) is 3.33. The van der Waals surface area contributed by atoms with Crippen LogP contribution in [0.2, 0.25) is 0 Å². The van der Waals surface area contributed by atoms with Crippen LogP contribution in [-0.4, -0.2) is 24.2 Å². The summed E-state index contributed by atoms with van der Waals surface area (Å²) >= 11 is 0. The van der Waals surface area contributed by atoms with Gasteiger partial charge in [0.25, 0.3) is 0 Å². The minimum atomic E-state index is 0.480. The van der Waals surface area contributed by atoms with E-state index in [0.717, 1.165) is 18.9 Å². The van der Waals surface area contributed by atoms with Crippen molar-refractivity contribution in [1.82, 2.24) is 4.98 Å². The highest BCUT2D eigenvalue weighted by Gasteiger charge is 2.17. The fraction of sp³-hybridized carbons (Fsp3) is 0.545. The van der Waals surface area contributed by atoms with Gasteiger partial charge in [0.05, 0.1) is 24.9 Å². The Morgan fingerprint density at radius 3 is 2.57 bits per heavy atom. The molecule has 78 valence electrons. The SMILES string of the molecule is CC.Cc1cncc(NC2COC2)c1. The number of aromatic nitrogens is 1. The molecule has 1 N–H and O–H groups in total. The second-order valence-corrected chi connectivity index (χ2v) is 3.13. The summed E-state index contributed by atoms with van der Waals surface area (Å²) in [5.74, 6) is 0. The van der Waals surface area contributed by atoms with Crippen molar-refractivity contribution in [3.8, 4) is 0 Å². The first-order chi connectivity index (χ1) is 6.84. The molecule has 0 spiro atoms. The van der Waals surface area contributed by atoms with Gasteiger partial charge in [-0.3, -0.25) is 4.98 Å². The normalized spacial score (nSPS) is 15.1. The number of anilines is 1. The average molecular weight is 194 g/mol. The van der Waals surface area contributed by atoms with Gasteiger partial charge < -0.3 is 10.1 Å². The summed E-state index contributed by atoms with van der Waals surface area (Å²) in [6.07, 6.45) is 3.69. The molecular weight excluding hydrogens is 176 g/mol. The number of rotatable bonds is 2. The van der Waals surface area contributed by atoms with Crippen LogP contribution in [0.5, 0.6) is 0 Å². The van der Waals surface area contributed by atoms with Crippen LogP contribution >= 0.6 is 0 Å². The first kappa shape index (κ1) is 11.0. The maximum atomic E-state index is 5.05. The molecule has 3 nitrogen and oxygen atoms in total. The molecule has 0 bridgehead atoms. The fourth-order valence-electron chi connectivity index (χ4n) is 1.19. The zero-order valence-corrected chi connectivity index (χ0v) is 9.08. The van der Waals surface area contributed by atoms with Crippen molar-refractivity contribution in [2.24, 2.45) is 0 Å². The summed E-state index contributed by atoms with van der Waals surface area (Å²) in [4.78, 5) is 4.09. The second-order valence-electron chi connectivity index (χ2n) is 3.13. The summed E-state index contributed by atoms with van der Waals surface area (Å²) in [5.41, 5.74) is 2.27. The van der Waals surface area contributed by atoms with Crippen LogP contribution in [0, 0.1) is 6.92 Å². The number of nitrogens with one attached hydrogen (secondary N) is 1. The van der Waals surface area contributed by atoms with Crippen LogP contribution in [0.4, 0.5) is 5.69 Å². The molecule has 0 radical (unpaired) electrons. The summed E-state index contributed by atoms with van der Waals surface area (Å²) in [7, 11) is 0. The Kier molecular flexibility index (Phi) is 4.40. The number of hydrogen-bond acceptors (Lipinski definition) is 3. The highest BCUT2D eigenvalue weighted by atomic mass is 16.5. The fourth-order valence-corrected chi connectivity index (χ4v) is 1.19. The molecule has 0 amide bonds. The predicted octanol–water partition coefficient (Wildman–Crippen LogP) is 2.23. The largest absolute Gasteiger partial charge is 0.377 e. The van der Waals surface area contributed by atoms with Crippen molar-refractivity contribution >= 4 is 5.69 Å². The van der Waals surface area contributed by atoms with E-state index in [1.54, 1.807) is 0 Å². The standard InChI is InChI=1S/C9H12N2O.C2H6/c1-7-2-8(4-10-3-7)11-9-5-12-6-9;1-2/h2-4,9,11H,5-6H2,1H3;1-2H3. The molecule has 2 rings (SSSR count). The lowest BCUT2D eigenvalue weighted by molar-refractivity contribution is 0.0211. The molecule has 1 aliphatic rings. The summed E-state index contributed by atoms with van der Waals surface area (Å²) in [6.45, 7) is 7.66. The Balaban J connectivity index is 0.000000461. The highest BCUT2D eigenvalue weighted by Crippen LogP contribution is 2.12. The maximum absolute atomic E-state index is 5.05. The molecule has 0 aliphatic carbocycles. The van der Waals surface area contributed by atoms with Crippen molar-refractivity contribution in [2.45, 2.75) is 26.8 Å². The molecule has 1 saturated heterocycles. The maximum Gasteiger partial charge on any atom is 0.0729 e. The molecule has 0 unspecified atom stereocenters. The molecule has 1 aliphatic heterocycles. The number of nitrogens with zero attached hydrogens (tertiary/aromatic N) is 1. The molecule has 14 heavy (non-hydrogen) atoms. The zero-order valence-electron chi connectivity index (χ0n) is 9.08. The first-order valence-electron chi connectivity index (χ1n) is 5.10. The third-order valence-electron chi connectivity index (χ3n) is 1.88. The monoisotopic (exact) mass is 194 g/mol. The number of pyridine rings is 1. The van der Waals surface area contributed by atoms with Crippen molar-refractivity contribution in [1.29, 1.82) is 0 Å². The van der Waals surface area contributed by atoms with E-state index in [9.17, 15) is 0 Å². The van der Waals surface area contributed by atoms with E-state index < -0.39 is 0 Å². The summed E-state index contributed by atoms with van der Waals surface area (Å²) in [6, 6.07) is 2.57. The second kappa shape index (κ2) is 5.60. The van der Waals surface area contributed by atoms with E-state index in [4.69, 9.17) is 4.74 Å². The van der Waals surface area contributed by atoms with E-state index in [0.29, 0.717) is 6.04 Å². The lowest BCUT2D eigenvalue weighted by Gasteiger charge is -2.27. The minimum absolute atomic E-state index is 0.480. The van der Waals surface area contributed by atoms with Gasteiger partial charge in [-0.25, -0.2) is 0 Å². The Labute approximate surface area is 85.5 Å². The van der Waals surface area contributed by atoms with Crippen LogP contribution in [-0.2, 0) is 4.74 Å². The van der Waals surface area contributed by atoms with E-state index in [2.05, 4.69) is 16.4 Å². The Morgan fingerprint density at radius 2 is 2.07 bits per heavy atom. The smallest absolute Gasteiger partial charge is 0.0729 e. The summed E-state index contributed by atoms with van der Waals surface area (Å²) < 4.78 is 5.05. The van der Waals surface area contributed by atoms with Gasteiger partial charge in [0.1, 0.15) is 0 Å². The third kappa shape index (κ3) is 3.00. The lowest BCUT2D eigenvalue weighted by atomic mass is 10.2. The lowest BCUT2D eigenvalue weighted by Crippen LogP contribution is -2.40. The van der Waals surface area contributed by atoms with Gasteiger partial charge >= 0.3 is 0 Å². The third-order valence-corrected chi connectivity index (χ3v) is 1.88. The average Bonchev–Trinajstić information content (AvgIpc) is 2.15. The quantitative estimate of drug-likeness (QED) is 0.784. The van der Waals surface area contributed by atoms with E-state index >= 15 is 0 Å². The molecule has 0 atom stereocenters. The molecule has 0 saturated carbocycles. The van der Waals surface area contributed by atoms with Crippen molar-refractivity contribution in [3.05, 3.63) is 24.0 Å². The highest BCUT2D eigenvalue weighted by molar-refractivity contribution is 5.43. The van der Waals surface area contributed by atoms with Crippen molar-refractivity contribution in [2.75, 3.05) is 18.5 Å². The van der Waals surface area contributed by atoms with Gasteiger partial charge in [0.2, 0.25) is 0 Å². The van der Waals surface area contributed by atoms with Crippen LogP contribution < -0.4 is 5.32 Å². The van der Waals surface area contributed by atoms with Crippen LogP contribution in [0.25, 0.3) is 0 Å². The first-order valence-corrected chi connectivity index (χ1v) is 5.10. The van der Waals surface area contributed by atoms with Crippen molar-refractivity contribution in [3.63, 3.8) is 0 Å². The van der Waals surface area contributed by atoms with Crippen LogP contribution in [0.1, 0.15) is 19.4 Å². The Bertz CT molecular complexity index is 272. The minimum Gasteiger partial charge on any atom is -0.377 e. The number of ether oxygens (including phenoxy) is 1. The van der Waals surface area contributed by atoms with Crippen molar-refractivity contribution < 1.29 is 4.74 Å². The van der Waals surface area contributed by atoms with Gasteiger partial charge in [-0.2, -0.15) is 0 Å². The number of aryl methyl sites for hydroxylation is 1. The van der Waals surface area contributed by atoms with Crippen LogP contribution in [0.15, 0.2) is 18.5 Å². The number of hydrogen-bond donors (Lipinski definition) is 1. The molecular formula is C11H18N2O. The molecule has 1 aromatic heterocycles. The van der Waals surface area contributed by atoms with E-state index in [-0.39, 0.29) is 0 Å². The Hall–Kier alpha value is -1.09. The van der Waals surface area contributed by atoms with Gasteiger partial charge in [-0.1, -0.05) is 13.8 Å². The van der Waals surface area contributed by atoms with Gasteiger partial charge in [0.15, 0.2) is 0 Å². The van der Waals surface area contributed by atoms with E-state index in [1.165, 1.54) is 5.56 Å². The molecule has 3 heteroatoms. The molecule has 2 heterocycles. The van der Waals surface area contributed by atoms with Gasteiger partial charge in [-0.05, 0) is 18.6 Å². The van der Waals surface area contributed by atoms with Gasteiger partial charge in [0, 0.05) is 12.4 Å². The Morgan fingerprint density at radius 1 is 1.36 bits per heavy atom.